The van der Waals surface area contributed by atoms with Crippen LogP contribution in [0.15, 0.2) is 0 Å². The molecule has 42 valence electrons. The van der Waals surface area contributed by atoms with Crippen molar-refractivity contribution in [3.8, 4) is 0 Å². The van der Waals surface area contributed by atoms with E-state index in [4.69, 9.17) is 0 Å². The van der Waals surface area contributed by atoms with Crippen LogP contribution < -0.4 is 0 Å². The molecule has 0 aromatic rings. The SMILES string of the molecule is C=[N+](S)C(C)CC. The van der Waals surface area contributed by atoms with Crippen LogP contribution in [-0.2, 0) is 0 Å². The Labute approximate surface area is 50.6 Å². The largest absolute Gasteiger partial charge is 0.173 e. The highest BCUT2D eigenvalue weighted by Crippen LogP contribution is 1.94. The van der Waals surface area contributed by atoms with Gasteiger partial charge < -0.3 is 0 Å². The molecule has 1 nitrogen and oxygen atoms in total. The van der Waals surface area contributed by atoms with Gasteiger partial charge in [-0.05, 0) is 6.92 Å². The van der Waals surface area contributed by atoms with E-state index in [-0.39, 0.29) is 0 Å². The van der Waals surface area contributed by atoms with Crippen molar-refractivity contribution in [2.24, 2.45) is 0 Å². The topological polar surface area (TPSA) is 3.01 Å². The van der Waals surface area contributed by atoms with Crippen molar-refractivity contribution in [1.82, 2.24) is 0 Å². The van der Waals surface area contributed by atoms with Gasteiger partial charge in [0.1, 0.15) is 19.5 Å². The maximum atomic E-state index is 4.00. The summed E-state index contributed by atoms with van der Waals surface area (Å²) < 4.78 is 1.67. The van der Waals surface area contributed by atoms with E-state index in [0.29, 0.717) is 6.04 Å². The van der Waals surface area contributed by atoms with Crippen LogP contribution in [0.1, 0.15) is 20.3 Å². The molecule has 2 heteroatoms. The Morgan fingerprint density at radius 3 is 2.29 bits per heavy atom. The predicted octanol–water partition coefficient (Wildman–Crippen LogP) is 1.34. The third kappa shape index (κ3) is 2.68. The zero-order valence-corrected chi connectivity index (χ0v) is 5.78. The summed E-state index contributed by atoms with van der Waals surface area (Å²) in [6, 6.07) is 0.489. The molecule has 0 aliphatic rings. The molecule has 0 spiro atoms. The highest BCUT2D eigenvalue weighted by molar-refractivity contribution is 7.73. The summed E-state index contributed by atoms with van der Waals surface area (Å²) in [6.45, 7) is 7.80. The number of hydrogen-bond donors (Lipinski definition) is 1. The molecule has 0 amide bonds. The monoisotopic (exact) mass is 118 g/mol. The van der Waals surface area contributed by atoms with Gasteiger partial charge in [-0.1, -0.05) is 6.92 Å². The number of thiol groups is 1. The van der Waals surface area contributed by atoms with Crippen LogP contribution in [0.4, 0.5) is 0 Å². The minimum absolute atomic E-state index is 0.489. The number of nitrogens with zero attached hydrogens (tertiary/aromatic N) is 1. The molecule has 0 rings (SSSR count). The Balaban J connectivity index is 3.34. The van der Waals surface area contributed by atoms with Crippen LogP contribution in [0.25, 0.3) is 0 Å². The van der Waals surface area contributed by atoms with Gasteiger partial charge in [0.05, 0.1) is 0 Å². The summed E-state index contributed by atoms with van der Waals surface area (Å²) in [7, 11) is 0. The maximum absolute atomic E-state index is 4.00. The van der Waals surface area contributed by atoms with Gasteiger partial charge in [-0.15, -0.1) is 0 Å². The fourth-order valence-electron chi connectivity index (χ4n) is 0.211. The van der Waals surface area contributed by atoms with Crippen LogP contribution in [0.3, 0.4) is 0 Å². The zero-order chi connectivity index (χ0) is 5.86. The van der Waals surface area contributed by atoms with E-state index in [1.807, 2.05) is 0 Å². The Bertz CT molecular complexity index is 70.5. The van der Waals surface area contributed by atoms with E-state index in [2.05, 4.69) is 33.4 Å². The van der Waals surface area contributed by atoms with Crippen molar-refractivity contribution in [1.29, 1.82) is 0 Å². The maximum Gasteiger partial charge on any atom is 0.162 e. The smallest absolute Gasteiger partial charge is 0.162 e. The van der Waals surface area contributed by atoms with Gasteiger partial charge in [0.15, 0.2) is 6.04 Å². The van der Waals surface area contributed by atoms with Crippen molar-refractivity contribution in [2.75, 3.05) is 0 Å². The number of rotatable bonds is 2. The second kappa shape index (κ2) is 3.08. The second-order valence-electron chi connectivity index (χ2n) is 1.70. The summed E-state index contributed by atoms with van der Waals surface area (Å²) in [4.78, 5) is 0. The highest BCUT2D eigenvalue weighted by Gasteiger charge is 2.03. The quantitative estimate of drug-likeness (QED) is 0.317. The first-order valence-corrected chi connectivity index (χ1v) is 2.87. The van der Waals surface area contributed by atoms with Gasteiger partial charge in [0.2, 0.25) is 0 Å². The van der Waals surface area contributed by atoms with Gasteiger partial charge in [0, 0.05) is 6.42 Å². The molecule has 0 N–H and O–H groups in total. The summed E-state index contributed by atoms with van der Waals surface area (Å²) in [6.07, 6.45) is 1.10. The van der Waals surface area contributed by atoms with E-state index in [0.717, 1.165) is 6.42 Å². The van der Waals surface area contributed by atoms with Crippen LogP contribution in [0.2, 0.25) is 0 Å². The van der Waals surface area contributed by atoms with E-state index in [9.17, 15) is 0 Å². The molecule has 1 unspecified atom stereocenters. The second-order valence-corrected chi connectivity index (χ2v) is 2.21. The lowest BCUT2D eigenvalue weighted by Gasteiger charge is -1.96. The Hall–Kier alpha value is 0.0200. The lowest BCUT2D eigenvalue weighted by molar-refractivity contribution is -0.379. The van der Waals surface area contributed by atoms with E-state index >= 15 is 0 Å². The Morgan fingerprint density at radius 1 is 1.86 bits per heavy atom. The third-order valence-electron chi connectivity index (χ3n) is 1.10. The van der Waals surface area contributed by atoms with Crippen LogP contribution in [0.5, 0.6) is 0 Å². The molecule has 0 saturated carbocycles. The van der Waals surface area contributed by atoms with Crippen LogP contribution >= 0.6 is 12.8 Å². The fraction of sp³-hybridized carbons (Fsp3) is 0.800. The first kappa shape index (κ1) is 7.02. The van der Waals surface area contributed by atoms with Crippen molar-refractivity contribution in [2.45, 2.75) is 26.3 Å². The van der Waals surface area contributed by atoms with Gasteiger partial charge in [-0.2, -0.15) is 3.98 Å². The Morgan fingerprint density at radius 2 is 2.29 bits per heavy atom. The van der Waals surface area contributed by atoms with Crippen molar-refractivity contribution >= 4 is 19.5 Å². The first-order valence-electron chi connectivity index (χ1n) is 2.47. The lowest BCUT2D eigenvalue weighted by atomic mass is 10.3. The van der Waals surface area contributed by atoms with Crippen LogP contribution in [-0.4, -0.2) is 16.7 Å². The van der Waals surface area contributed by atoms with E-state index < -0.39 is 0 Å². The van der Waals surface area contributed by atoms with Gasteiger partial charge >= 0.3 is 0 Å². The van der Waals surface area contributed by atoms with Crippen molar-refractivity contribution < 1.29 is 3.98 Å². The fourth-order valence-corrected chi connectivity index (χ4v) is 0.374. The van der Waals surface area contributed by atoms with E-state index in [1.54, 1.807) is 3.98 Å². The van der Waals surface area contributed by atoms with Crippen LogP contribution in [0, 0.1) is 0 Å². The molecule has 0 aliphatic carbocycles. The minimum atomic E-state index is 0.489. The molecule has 0 aromatic carbocycles. The standard InChI is InChI=1S/C5H12NS/c1-4-5(2)6(3)7/h5,7H,3-4H2,1-2H3/q+1. The van der Waals surface area contributed by atoms with Gasteiger partial charge in [-0.25, -0.2) is 0 Å². The normalized spacial score (nSPS) is 13.6. The minimum Gasteiger partial charge on any atom is -0.173 e. The highest BCUT2D eigenvalue weighted by atomic mass is 32.1. The van der Waals surface area contributed by atoms with Gasteiger partial charge in [-0.3, -0.25) is 0 Å². The molecule has 0 fully saturated rings. The summed E-state index contributed by atoms with van der Waals surface area (Å²) in [5.41, 5.74) is 0. The van der Waals surface area contributed by atoms with Crippen molar-refractivity contribution in [3.05, 3.63) is 0 Å². The molecular weight excluding hydrogens is 106 g/mol. The van der Waals surface area contributed by atoms with E-state index in [1.165, 1.54) is 0 Å². The predicted molar refractivity (Wildman–Crippen MR) is 36.1 cm³/mol. The lowest BCUT2D eigenvalue weighted by Crippen LogP contribution is -2.10. The average molecular weight is 118 g/mol. The molecule has 0 saturated heterocycles. The van der Waals surface area contributed by atoms with Crippen molar-refractivity contribution in [3.63, 3.8) is 0 Å². The summed E-state index contributed by atoms with van der Waals surface area (Å²) >= 11 is 4.00. The molecule has 0 radical (unpaired) electrons. The molecule has 0 heterocycles. The summed E-state index contributed by atoms with van der Waals surface area (Å²) in [5, 5.41) is 0. The molecule has 0 aliphatic heterocycles. The summed E-state index contributed by atoms with van der Waals surface area (Å²) in [5.74, 6) is 0. The molecule has 0 aromatic heterocycles. The zero-order valence-electron chi connectivity index (χ0n) is 4.89. The third-order valence-corrected chi connectivity index (χ3v) is 1.49. The Kier molecular flexibility index (Phi) is 3.09. The van der Waals surface area contributed by atoms with Gasteiger partial charge in [0.25, 0.3) is 0 Å². The molecule has 1 atom stereocenters. The average Bonchev–Trinajstić information content (AvgIpc) is 1.65. The molecule has 7 heavy (non-hydrogen) atoms. The molecular formula is C5H12NS+. The first-order chi connectivity index (χ1) is 3.18. The molecule has 0 bridgehead atoms. The number of hydrogen-bond acceptors (Lipinski definition) is 1.